The number of carboxylic acids is 1. The largest absolute Gasteiger partial charge is 0.481 e. The molecular formula is C31H45IO4. The van der Waals surface area contributed by atoms with Crippen molar-refractivity contribution in [2.75, 3.05) is 4.43 Å². The summed E-state index contributed by atoms with van der Waals surface area (Å²) in [4.78, 5) is 27.1. The van der Waals surface area contributed by atoms with Crippen LogP contribution >= 0.6 is 22.6 Å². The van der Waals surface area contributed by atoms with E-state index < -0.39 is 22.2 Å². The van der Waals surface area contributed by atoms with Crippen molar-refractivity contribution in [2.45, 2.75) is 104 Å². The second kappa shape index (κ2) is 9.06. The number of hydrogen-bond acceptors (Lipinski definition) is 3. The number of carbonyl (C=O) groups excluding carboxylic acids is 1. The van der Waals surface area contributed by atoms with Crippen LogP contribution in [-0.2, 0) is 14.3 Å². The fourth-order valence-electron chi connectivity index (χ4n) is 11.2. The SMILES string of the molecule is CC(C)C1=CC2CC3(C=O)[C@@H]4CC[C@@H](C)[C@H]4CC2([C@H]2C[C@H](CCC4CCCC4)[C@H](CI)O2)[C@]13C(=O)O. The summed E-state index contributed by atoms with van der Waals surface area (Å²) in [6, 6.07) is 0. The summed E-state index contributed by atoms with van der Waals surface area (Å²) in [7, 11) is 0. The monoisotopic (exact) mass is 608 g/mol. The smallest absolute Gasteiger partial charge is 0.315 e. The van der Waals surface area contributed by atoms with Gasteiger partial charge in [-0.1, -0.05) is 93.5 Å². The molecule has 0 aromatic carbocycles. The van der Waals surface area contributed by atoms with Gasteiger partial charge in [0, 0.05) is 9.84 Å². The van der Waals surface area contributed by atoms with Crippen molar-refractivity contribution in [2.24, 2.45) is 57.7 Å². The van der Waals surface area contributed by atoms with Crippen LogP contribution in [0.4, 0.5) is 0 Å². The third-order valence-corrected chi connectivity index (χ3v) is 13.4. The van der Waals surface area contributed by atoms with Crippen molar-refractivity contribution in [3.8, 4) is 0 Å². The summed E-state index contributed by atoms with van der Waals surface area (Å²) < 4.78 is 8.00. The second-order valence-corrected chi connectivity index (χ2v) is 14.8. The Morgan fingerprint density at radius 3 is 2.58 bits per heavy atom. The first-order valence-electron chi connectivity index (χ1n) is 14.9. The zero-order chi connectivity index (χ0) is 25.5. The minimum atomic E-state index is -1.10. The zero-order valence-electron chi connectivity index (χ0n) is 22.4. The van der Waals surface area contributed by atoms with Crippen LogP contribution in [0.15, 0.2) is 11.6 Å². The van der Waals surface area contributed by atoms with E-state index >= 15 is 0 Å². The van der Waals surface area contributed by atoms with E-state index in [1.807, 2.05) is 0 Å². The number of aldehydes is 1. The number of halogens is 1. The first kappa shape index (κ1) is 25.8. The van der Waals surface area contributed by atoms with Gasteiger partial charge in [-0.2, -0.15) is 0 Å². The molecule has 0 spiro atoms. The van der Waals surface area contributed by atoms with Crippen LogP contribution in [0.5, 0.6) is 0 Å². The Kier molecular flexibility index (Phi) is 6.50. The van der Waals surface area contributed by atoms with E-state index in [1.54, 1.807) is 0 Å². The Labute approximate surface area is 230 Å². The van der Waals surface area contributed by atoms with Gasteiger partial charge in [-0.3, -0.25) is 4.79 Å². The first-order chi connectivity index (χ1) is 17.3. The van der Waals surface area contributed by atoms with Crippen LogP contribution in [0, 0.1) is 57.7 Å². The van der Waals surface area contributed by atoms with E-state index in [9.17, 15) is 14.7 Å². The van der Waals surface area contributed by atoms with Gasteiger partial charge in [-0.05, 0) is 73.5 Å². The van der Waals surface area contributed by atoms with Gasteiger partial charge in [0.15, 0.2) is 0 Å². The van der Waals surface area contributed by atoms with Crippen LogP contribution in [-0.4, -0.2) is 34.0 Å². The number of hydrogen-bond donors (Lipinski definition) is 1. The molecule has 200 valence electrons. The van der Waals surface area contributed by atoms with Crippen molar-refractivity contribution in [3.05, 3.63) is 11.6 Å². The highest BCUT2D eigenvalue weighted by Gasteiger charge is 2.86. The molecule has 1 N–H and O–H groups in total. The minimum Gasteiger partial charge on any atom is -0.481 e. The second-order valence-electron chi connectivity index (χ2n) is 13.9. The van der Waals surface area contributed by atoms with Crippen LogP contribution in [0.3, 0.4) is 0 Å². The average molecular weight is 609 g/mol. The van der Waals surface area contributed by atoms with E-state index in [2.05, 4.69) is 49.4 Å². The average Bonchev–Trinajstić information content (AvgIpc) is 3.66. The van der Waals surface area contributed by atoms with Crippen molar-refractivity contribution in [3.63, 3.8) is 0 Å². The molecule has 5 fully saturated rings. The maximum absolute atomic E-state index is 13.8. The molecule has 36 heavy (non-hydrogen) atoms. The molecule has 6 aliphatic rings. The molecule has 5 heteroatoms. The Bertz CT molecular complexity index is 939. The van der Waals surface area contributed by atoms with Crippen LogP contribution in [0.1, 0.15) is 91.4 Å². The number of allylic oxidation sites excluding steroid dienone is 1. The lowest BCUT2D eigenvalue weighted by molar-refractivity contribution is -0.196. The Hall–Kier alpha value is -0.430. The van der Waals surface area contributed by atoms with Gasteiger partial charge in [0.2, 0.25) is 0 Å². The molecule has 4 saturated carbocycles. The first-order valence-corrected chi connectivity index (χ1v) is 16.4. The van der Waals surface area contributed by atoms with E-state index in [4.69, 9.17) is 4.74 Å². The molecular weight excluding hydrogens is 563 g/mol. The summed E-state index contributed by atoms with van der Waals surface area (Å²) in [5.41, 5.74) is -1.32. The molecule has 1 heterocycles. The summed E-state index contributed by atoms with van der Waals surface area (Å²) in [6.45, 7) is 6.63. The highest BCUT2D eigenvalue weighted by molar-refractivity contribution is 14.1. The third kappa shape index (κ3) is 3.08. The quantitative estimate of drug-likeness (QED) is 0.138. The van der Waals surface area contributed by atoms with Gasteiger partial charge >= 0.3 is 5.97 Å². The Morgan fingerprint density at radius 1 is 1.19 bits per heavy atom. The topological polar surface area (TPSA) is 63.6 Å². The van der Waals surface area contributed by atoms with Gasteiger partial charge in [0.25, 0.3) is 0 Å². The number of carbonyl (C=O) groups is 2. The number of alkyl halides is 1. The number of ether oxygens (including phenoxy) is 1. The molecule has 5 aliphatic carbocycles. The van der Waals surface area contributed by atoms with Gasteiger partial charge in [0.1, 0.15) is 11.7 Å². The van der Waals surface area contributed by atoms with E-state index in [-0.39, 0.29) is 30.0 Å². The fraction of sp³-hybridized carbons (Fsp3) is 0.871. The number of fused-ring (bicyclic) bond motifs is 2. The van der Waals surface area contributed by atoms with Gasteiger partial charge in [-0.25, -0.2) is 0 Å². The summed E-state index contributed by atoms with van der Waals surface area (Å²) in [5, 5.41) is 11.3. The number of carboxylic acid groups (broad SMARTS) is 1. The normalized spacial score (nSPS) is 49.6. The number of aliphatic carboxylic acids is 1. The minimum absolute atomic E-state index is 0.0602. The van der Waals surface area contributed by atoms with Crippen LogP contribution in [0.25, 0.3) is 0 Å². The highest BCUT2D eigenvalue weighted by atomic mass is 127. The molecule has 0 aromatic rings. The van der Waals surface area contributed by atoms with Gasteiger partial charge < -0.3 is 14.6 Å². The van der Waals surface area contributed by atoms with Crippen molar-refractivity contribution in [1.29, 1.82) is 0 Å². The predicted molar refractivity (Wildman–Crippen MR) is 149 cm³/mol. The summed E-state index contributed by atoms with van der Waals surface area (Å²) >= 11 is 2.49. The van der Waals surface area contributed by atoms with Gasteiger partial charge in [0.05, 0.1) is 17.6 Å². The Morgan fingerprint density at radius 2 is 1.94 bits per heavy atom. The van der Waals surface area contributed by atoms with Crippen molar-refractivity contribution < 1.29 is 19.4 Å². The Balaban J connectivity index is 1.43. The third-order valence-electron chi connectivity index (χ3n) is 12.5. The molecule has 1 aliphatic heterocycles. The lowest BCUT2D eigenvalue weighted by atomic mass is 9.41. The summed E-state index contributed by atoms with van der Waals surface area (Å²) in [6.07, 6.45) is 16.4. The maximum Gasteiger partial charge on any atom is 0.315 e. The predicted octanol–water partition coefficient (Wildman–Crippen LogP) is 7.09. The molecule has 6 rings (SSSR count). The lowest BCUT2D eigenvalue weighted by Crippen LogP contribution is -2.65. The molecule has 10 atom stereocenters. The molecule has 0 radical (unpaired) electrons. The summed E-state index contributed by atoms with van der Waals surface area (Å²) in [5.74, 6) is 2.10. The molecule has 3 unspecified atom stereocenters. The standard InChI is InChI=1S/C31H45IO4/c1-18(2)25-13-22-14-29(17-33)24-11-8-19(3)23(24)15-30(22,31(25,29)28(34)35)27-12-21(26(16-32)36-27)10-9-20-6-4-5-7-20/h13,17-24,26-27H,4-12,14-16H2,1-3H3,(H,34,35)/t19-,21+,22?,23-,24-,26+,27-,29?,30?,31+/m1/s1. The molecule has 1 saturated heterocycles. The zero-order valence-corrected chi connectivity index (χ0v) is 24.5. The maximum atomic E-state index is 13.8. The van der Waals surface area contributed by atoms with Crippen LogP contribution < -0.4 is 0 Å². The van der Waals surface area contributed by atoms with Crippen molar-refractivity contribution in [1.82, 2.24) is 0 Å². The fourth-order valence-corrected chi connectivity index (χ4v) is 12.1. The highest BCUT2D eigenvalue weighted by Crippen LogP contribution is 2.84. The molecule has 0 amide bonds. The van der Waals surface area contributed by atoms with Gasteiger partial charge in [-0.15, -0.1) is 0 Å². The lowest BCUT2D eigenvalue weighted by Gasteiger charge is -2.60. The van der Waals surface area contributed by atoms with E-state index in [0.29, 0.717) is 24.2 Å². The molecule has 4 nitrogen and oxygen atoms in total. The van der Waals surface area contributed by atoms with E-state index in [1.165, 1.54) is 38.5 Å². The molecule has 4 bridgehead atoms. The molecule has 0 aromatic heterocycles. The van der Waals surface area contributed by atoms with Crippen LogP contribution in [0.2, 0.25) is 0 Å². The van der Waals surface area contributed by atoms with E-state index in [0.717, 1.165) is 47.9 Å². The van der Waals surface area contributed by atoms with Crippen molar-refractivity contribution >= 4 is 34.8 Å². The number of rotatable bonds is 8.